The van der Waals surface area contributed by atoms with Gasteiger partial charge in [0.1, 0.15) is 41.4 Å². The molecule has 1 fully saturated rings. The van der Waals surface area contributed by atoms with E-state index in [0.29, 0.717) is 58.6 Å². The molecule has 4 aromatic heterocycles. The number of hydrogen-bond acceptors (Lipinski definition) is 10. The van der Waals surface area contributed by atoms with E-state index in [-0.39, 0.29) is 11.7 Å². The third-order valence-electron chi connectivity index (χ3n) is 6.65. The number of nitrogens with one attached hydrogen (secondary N) is 1. The van der Waals surface area contributed by atoms with Gasteiger partial charge in [-0.15, -0.1) is 0 Å². The Kier molecular flexibility index (Phi) is 5.91. The number of halogens is 2. The van der Waals surface area contributed by atoms with Gasteiger partial charge in [-0.05, 0) is 32.2 Å². The van der Waals surface area contributed by atoms with Crippen LogP contribution in [0.5, 0.6) is 11.5 Å². The molecule has 0 amide bonds. The first kappa shape index (κ1) is 23.9. The maximum atomic E-state index is 15.4. The summed E-state index contributed by atoms with van der Waals surface area (Å²) in [5.41, 5.74) is 1.98. The number of fused-ring (bicyclic) bond motifs is 2. The molecule has 0 radical (unpaired) electrons. The Labute approximate surface area is 216 Å². The Hall–Kier alpha value is -4.52. The van der Waals surface area contributed by atoms with Crippen molar-refractivity contribution in [3.05, 3.63) is 60.7 Å². The van der Waals surface area contributed by atoms with Gasteiger partial charge in [-0.25, -0.2) is 38.2 Å². The van der Waals surface area contributed by atoms with E-state index in [9.17, 15) is 4.39 Å². The standard InChI is InChI=1S/C25H24F2N10O/c1-14-20(38-15-6-7-37-21(8-15)30-13-32-37)5-4-17(22(14)27)33-24-23-18(29-12-31-24)9-28-25(34-23)36(3)19-11-35(2)10-16(19)26/h4-9,12-13,16,19H,10-11H2,1-3H3,(H,29,31,33)/t16-,19+/m1/s1. The fourth-order valence-electron chi connectivity index (χ4n) is 4.54. The topological polar surface area (TPSA) is 109 Å². The maximum Gasteiger partial charge on any atom is 0.226 e. The Morgan fingerprint density at radius 1 is 1.11 bits per heavy atom. The average Bonchev–Trinajstić information content (AvgIpc) is 3.52. The van der Waals surface area contributed by atoms with Gasteiger partial charge in [0, 0.05) is 38.0 Å². The summed E-state index contributed by atoms with van der Waals surface area (Å²) in [5.74, 6) is 1.00. The molecule has 1 N–H and O–H groups in total. The van der Waals surface area contributed by atoms with E-state index in [1.807, 2.05) is 11.9 Å². The zero-order chi connectivity index (χ0) is 26.4. The predicted molar refractivity (Wildman–Crippen MR) is 137 cm³/mol. The largest absolute Gasteiger partial charge is 0.457 e. The summed E-state index contributed by atoms with van der Waals surface area (Å²) in [4.78, 5) is 25.3. The number of likely N-dealkylation sites (tertiary alicyclic amines) is 1. The van der Waals surface area contributed by atoms with Gasteiger partial charge in [0.25, 0.3) is 0 Å². The van der Waals surface area contributed by atoms with E-state index in [1.165, 1.54) is 12.7 Å². The van der Waals surface area contributed by atoms with E-state index in [0.717, 1.165) is 0 Å². The molecule has 5 heterocycles. The zero-order valence-corrected chi connectivity index (χ0v) is 20.9. The Morgan fingerprint density at radius 3 is 2.79 bits per heavy atom. The normalized spacial score (nSPS) is 17.8. The van der Waals surface area contributed by atoms with Crippen molar-refractivity contribution >= 4 is 34.1 Å². The molecule has 13 heteroatoms. The van der Waals surface area contributed by atoms with Crippen molar-refractivity contribution in [1.29, 1.82) is 0 Å². The van der Waals surface area contributed by atoms with Crippen molar-refractivity contribution in [3.63, 3.8) is 0 Å². The number of ether oxygens (including phenoxy) is 1. The Balaban J connectivity index is 1.28. The van der Waals surface area contributed by atoms with Crippen molar-refractivity contribution < 1.29 is 13.5 Å². The minimum absolute atomic E-state index is 0.192. The molecule has 0 spiro atoms. The van der Waals surface area contributed by atoms with Crippen LogP contribution in [0.4, 0.5) is 26.2 Å². The van der Waals surface area contributed by atoms with Gasteiger partial charge >= 0.3 is 0 Å². The summed E-state index contributed by atoms with van der Waals surface area (Å²) in [6.45, 7) is 2.54. The molecular weight excluding hydrogens is 494 g/mol. The summed E-state index contributed by atoms with van der Waals surface area (Å²) < 4.78 is 37.5. The smallest absolute Gasteiger partial charge is 0.226 e. The van der Waals surface area contributed by atoms with Crippen molar-refractivity contribution in [2.45, 2.75) is 19.1 Å². The number of aromatic nitrogens is 7. The van der Waals surface area contributed by atoms with Crippen molar-refractivity contribution in [2.75, 3.05) is 37.4 Å². The molecule has 0 unspecified atom stereocenters. The molecule has 194 valence electrons. The van der Waals surface area contributed by atoms with Crippen LogP contribution in [-0.4, -0.2) is 78.8 Å². The van der Waals surface area contributed by atoms with E-state index in [1.54, 1.807) is 60.0 Å². The summed E-state index contributed by atoms with van der Waals surface area (Å²) >= 11 is 0. The lowest BCUT2D eigenvalue weighted by molar-refractivity contribution is 0.306. The van der Waals surface area contributed by atoms with E-state index >= 15 is 4.39 Å². The fourth-order valence-corrected chi connectivity index (χ4v) is 4.54. The SMILES string of the molecule is Cc1c(Oc2ccn3ncnc3c2)ccc(Nc2ncnc3cnc(N(C)[C@H]4CN(C)C[C@H]4F)nc23)c1F. The molecule has 38 heavy (non-hydrogen) atoms. The third-order valence-corrected chi connectivity index (χ3v) is 6.65. The minimum Gasteiger partial charge on any atom is -0.457 e. The quantitative estimate of drug-likeness (QED) is 0.358. The number of benzene rings is 1. The number of anilines is 3. The van der Waals surface area contributed by atoms with E-state index in [4.69, 9.17) is 4.74 Å². The van der Waals surface area contributed by atoms with Gasteiger partial charge < -0.3 is 19.9 Å². The van der Waals surface area contributed by atoms with Crippen LogP contribution in [0, 0.1) is 12.7 Å². The number of rotatable bonds is 6. The lowest BCUT2D eigenvalue weighted by atomic mass is 10.1. The second kappa shape index (κ2) is 9.41. The highest BCUT2D eigenvalue weighted by Crippen LogP contribution is 2.33. The fraction of sp³-hybridized carbons (Fsp3) is 0.280. The van der Waals surface area contributed by atoms with Crippen LogP contribution in [0.15, 0.2) is 49.3 Å². The molecule has 5 aromatic rings. The third kappa shape index (κ3) is 4.30. The lowest BCUT2D eigenvalue weighted by Gasteiger charge is -2.25. The number of hydrogen-bond donors (Lipinski definition) is 1. The Bertz CT molecular complexity index is 1640. The molecule has 1 aromatic carbocycles. The van der Waals surface area contributed by atoms with Gasteiger partial charge in [0.05, 0.1) is 17.9 Å². The van der Waals surface area contributed by atoms with Crippen LogP contribution >= 0.6 is 0 Å². The molecule has 0 bridgehead atoms. The molecule has 0 saturated carbocycles. The number of alkyl halides is 1. The monoisotopic (exact) mass is 518 g/mol. The molecule has 1 aliphatic heterocycles. The second-order valence-corrected chi connectivity index (χ2v) is 9.24. The van der Waals surface area contributed by atoms with Crippen molar-refractivity contribution in [1.82, 2.24) is 39.4 Å². The van der Waals surface area contributed by atoms with Crippen LogP contribution in [-0.2, 0) is 0 Å². The second-order valence-electron chi connectivity index (χ2n) is 9.24. The molecule has 0 aliphatic carbocycles. The Morgan fingerprint density at radius 2 is 1.97 bits per heavy atom. The first-order valence-electron chi connectivity index (χ1n) is 11.9. The summed E-state index contributed by atoms with van der Waals surface area (Å²) in [6, 6.07) is 6.30. The van der Waals surface area contributed by atoms with Gasteiger partial charge in [0.15, 0.2) is 17.3 Å². The van der Waals surface area contributed by atoms with Crippen LogP contribution in [0.25, 0.3) is 16.7 Å². The van der Waals surface area contributed by atoms with Crippen molar-refractivity contribution in [3.8, 4) is 11.5 Å². The van der Waals surface area contributed by atoms with Crippen molar-refractivity contribution in [2.24, 2.45) is 0 Å². The molecule has 2 atom stereocenters. The molecule has 6 rings (SSSR count). The average molecular weight is 519 g/mol. The van der Waals surface area contributed by atoms with Crippen LogP contribution in [0.3, 0.4) is 0 Å². The van der Waals surface area contributed by atoms with E-state index in [2.05, 4.69) is 35.3 Å². The number of likely N-dealkylation sites (N-methyl/N-ethyl adjacent to an activating group) is 2. The maximum absolute atomic E-state index is 15.4. The van der Waals surface area contributed by atoms with Gasteiger partial charge in [0.2, 0.25) is 5.95 Å². The summed E-state index contributed by atoms with van der Waals surface area (Å²) in [7, 11) is 3.64. The van der Waals surface area contributed by atoms with Gasteiger partial charge in [-0.1, -0.05) is 0 Å². The molecule has 11 nitrogen and oxygen atoms in total. The highest BCUT2D eigenvalue weighted by Gasteiger charge is 2.35. The van der Waals surface area contributed by atoms with Crippen LogP contribution in [0.2, 0.25) is 0 Å². The molecular formula is C25H24F2N10O. The predicted octanol–water partition coefficient (Wildman–Crippen LogP) is 3.53. The highest BCUT2D eigenvalue weighted by atomic mass is 19.1. The number of pyridine rings is 1. The summed E-state index contributed by atoms with van der Waals surface area (Å²) in [6.07, 6.45) is 5.04. The zero-order valence-electron chi connectivity index (χ0n) is 20.9. The van der Waals surface area contributed by atoms with Crippen LogP contribution in [0.1, 0.15) is 5.56 Å². The minimum atomic E-state index is -1.02. The first-order valence-corrected chi connectivity index (χ1v) is 11.9. The number of nitrogens with zero attached hydrogens (tertiary/aromatic N) is 9. The highest BCUT2D eigenvalue weighted by molar-refractivity contribution is 5.87. The molecule has 1 saturated heterocycles. The van der Waals surface area contributed by atoms with Gasteiger partial charge in [-0.3, -0.25) is 0 Å². The van der Waals surface area contributed by atoms with Crippen LogP contribution < -0.4 is 15.0 Å². The first-order chi connectivity index (χ1) is 18.4. The van der Waals surface area contributed by atoms with E-state index < -0.39 is 12.0 Å². The van der Waals surface area contributed by atoms with Gasteiger partial charge in [-0.2, -0.15) is 5.10 Å². The lowest BCUT2D eigenvalue weighted by Crippen LogP contribution is -2.40. The molecule has 1 aliphatic rings. The summed E-state index contributed by atoms with van der Waals surface area (Å²) in [5, 5.41) is 7.08.